The Labute approximate surface area is 144 Å². The number of amides is 1. The van der Waals surface area contributed by atoms with Crippen molar-refractivity contribution in [3.63, 3.8) is 0 Å². The zero-order chi connectivity index (χ0) is 16.9. The van der Waals surface area contributed by atoms with Gasteiger partial charge in [0.1, 0.15) is 0 Å². The number of anilines is 1. The smallest absolute Gasteiger partial charge is 0.227 e. The van der Waals surface area contributed by atoms with Crippen LogP contribution in [0.2, 0.25) is 0 Å². The van der Waals surface area contributed by atoms with Crippen molar-refractivity contribution in [3.8, 4) is 0 Å². The number of likely N-dealkylation sites (tertiary alicyclic amines) is 1. The van der Waals surface area contributed by atoms with Gasteiger partial charge in [0.05, 0.1) is 5.92 Å². The summed E-state index contributed by atoms with van der Waals surface area (Å²) in [7, 11) is 0. The molecule has 1 amide bonds. The Morgan fingerprint density at radius 2 is 1.88 bits per heavy atom. The zero-order valence-corrected chi connectivity index (χ0v) is 14.9. The van der Waals surface area contributed by atoms with Gasteiger partial charge in [-0.3, -0.25) is 4.79 Å². The Morgan fingerprint density at radius 1 is 1.08 bits per heavy atom. The van der Waals surface area contributed by atoms with E-state index in [1.54, 1.807) is 12.4 Å². The average Bonchev–Trinajstić information content (AvgIpc) is 2.88. The van der Waals surface area contributed by atoms with Gasteiger partial charge in [-0.25, -0.2) is 9.97 Å². The number of piperidine rings is 1. The number of hydrogen-bond acceptors (Lipinski definition) is 5. The van der Waals surface area contributed by atoms with E-state index in [-0.39, 0.29) is 5.92 Å². The van der Waals surface area contributed by atoms with E-state index in [9.17, 15) is 4.79 Å². The third kappa shape index (κ3) is 4.04. The third-order valence-electron chi connectivity index (χ3n) is 5.17. The summed E-state index contributed by atoms with van der Waals surface area (Å²) in [6, 6.07) is 2.36. The molecule has 2 aliphatic heterocycles. The summed E-state index contributed by atoms with van der Waals surface area (Å²) >= 11 is 0. The zero-order valence-electron chi connectivity index (χ0n) is 14.9. The molecule has 24 heavy (non-hydrogen) atoms. The molecule has 1 aromatic heterocycles. The second-order valence-electron chi connectivity index (χ2n) is 7.14. The first-order valence-electron chi connectivity index (χ1n) is 9.20. The van der Waals surface area contributed by atoms with E-state index in [4.69, 9.17) is 0 Å². The molecule has 0 saturated carbocycles. The number of hydrogen-bond donors (Lipinski definition) is 0. The van der Waals surface area contributed by atoms with Crippen LogP contribution in [0.1, 0.15) is 33.1 Å². The summed E-state index contributed by atoms with van der Waals surface area (Å²) in [6.07, 6.45) is 6.69. The predicted octanol–water partition coefficient (Wildman–Crippen LogP) is 1.64. The van der Waals surface area contributed by atoms with Gasteiger partial charge in [-0.2, -0.15) is 0 Å². The van der Waals surface area contributed by atoms with Gasteiger partial charge in [0.15, 0.2) is 0 Å². The normalized spacial score (nSPS) is 23.4. The van der Waals surface area contributed by atoms with E-state index in [0.29, 0.717) is 11.9 Å². The Kier molecular flexibility index (Phi) is 5.66. The van der Waals surface area contributed by atoms with Crippen LogP contribution < -0.4 is 4.90 Å². The van der Waals surface area contributed by atoms with Crippen LogP contribution in [0.3, 0.4) is 0 Å². The molecule has 0 aliphatic carbocycles. The van der Waals surface area contributed by atoms with Crippen LogP contribution in [0.5, 0.6) is 0 Å². The molecule has 0 unspecified atom stereocenters. The van der Waals surface area contributed by atoms with Gasteiger partial charge in [-0.05, 0) is 45.7 Å². The van der Waals surface area contributed by atoms with Crippen LogP contribution in [0, 0.1) is 5.92 Å². The Hall–Kier alpha value is -1.69. The van der Waals surface area contributed by atoms with E-state index in [2.05, 4.69) is 38.5 Å². The van der Waals surface area contributed by atoms with Crippen LogP contribution in [0.25, 0.3) is 0 Å². The lowest BCUT2D eigenvalue weighted by molar-refractivity contribution is -0.137. The molecule has 2 fully saturated rings. The van der Waals surface area contributed by atoms with E-state index >= 15 is 0 Å². The largest absolute Gasteiger partial charge is 0.341 e. The van der Waals surface area contributed by atoms with Crippen LogP contribution in [-0.2, 0) is 4.79 Å². The number of rotatable bonds is 3. The third-order valence-corrected chi connectivity index (χ3v) is 5.17. The number of aromatic nitrogens is 2. The SMILES string of the molecule is CC(C)N1CCC[C@@H](C(=O)N2CCCN(c3ncccn3)CC2)C1. The molecule has 0 bridgehead atoms. The Morgan fingerprint density at radius 3 is 2.62 bits per heavy atom. The Bertz CT molecular complexity index is 535. The van der Waals surface area contributed by atoms with Crippen molar-refractivity contribution < 1.29 is 4.79 Å². The lowest BCUT2D eigenvalue weighted by Gasteiger charge is -2.36. The maximum atomic E-state index is 13.0. The van der Waals surface area contributed by atoms with Gasteiger partial charge in [0, 0.05) is 51.2 Å². The summed E-state index contributed by atoms with van der Waals surface area (Å²) < 4.78 is 0. The molecule has 1 aromatic rings. The van der Waals surface area contributed by atoms with Gasteiger partial charge in [0.2, 0.25) is 11.9 Å². The minimum atomic E-state index is 0.167. The fourth-order valence-electron chi connectivity index (χ4n) is 3.73. The summed E-state index contributed by atoms with van der Waals surface area (Å²) in [6.45, 7) is 9.83. The second kappa shape index (κ2) is 7.92. The molecule has 132 valence electrons. The predicted molar refractivity (Wildman–Crippen MR) is 94.9 cm³/mol. The molecule has 0 spiro atoms. The highest BCUT2D eigenvalue weighted by Crippen LogP contribution is 2.21. The lowest BCUT2D eigenvalue weighted by Crippen LogP contribution is -2.47. The van der Waals surface area contributed by atoms with Crippen molar-refractivity contribution in [1.82, 2.24) is 19.8 Å². The van der Waals surface area contributed by atoms with Gasteiger partial charge in [-0.1, -0.05) is 0 Å². The molecular formula is C18H29N5O. The Balaban J connectivity index is 1.58. The molecule has 6 heteroatoms. The van der Waals surface area contributed by atoms with Crippen LogP contribution in [0.4, 0.5) is 5.95 Å². The van der Waals surface area contributed by atoms with E-state index in [1.807, 2.05) is 6.07 Å². The van der Waals surface area contributed by atoms with E-state index < -0.39 is 0 Å². The van der Waals surface area contributed by atoms with Crippen LogP contribution in [0.15, 0.2) is 18.5 Å². The van der Waals surface area contributed by atoms with Crippen molar-refractivity contribution in [2.24, 2.45) is 5.92 Å². The quantitative estimate of drug-likeness (QED) is 0.843. The highest BCUT2D eigenvalue weighted by atomic mass is 16.2. The first-order chi connectivity index (χ1) is 11.6. The second-order valence-corrected chi connectivity index (χ2v) is 7.14. The molecule has 6 nitrogen and oxygen atoms in total. The molecule has 3 rings (SSSR count). The van der Waals surface area contributed by atoms with Crippen LogP contribution >= 0.6 is 0 Å². The number of carbonyl (C=O) groups is 1. The minimum absolute atomic E-state index is 0.167. The summed E-state index contributed by atoms with van der Waals surface area (Å²) in [5.74, 6) is 1.28. The monoisotopic (exact) mass is 331 g/mol. The molecular weight excluding hydrogens is 302 g/mol. The summed E-state index contributed by atoms with van der Waals surface area (Å²) in [5.41, 5.74) is 0. The maximum absolute atomic E-state index is 13.0. The highest BCUT2D eigenvalue weighted by Gasteiger charge is 2.31. The van der Waals surface area contributed by atoms with Crippen LogP contribution in [-0.4, -0.2) is 71.0 Å². The van der Waals surface area contributed by atoms with Gasteiger partial charge in [0.25, 0.3) is 0 Å². The number of carbonyl (C=O) groups excluding carboxylic acids is 1. The lowest BCUT2D eigenvalue weighted by atomic mass is 9.95. The summed E-state index contributed by atoms with van der Waals surface area (Å²) in [5, 5.41) is 0. The molecule has 2 saturated heterocycles. The first-order valence-corrected chi connectivity index (χ1v) is 9.20. The van der Waals surface area contributed by atoms with Gasteiger partial charge >= 0.3 is 0 Å². The van der Waals surface area contributed by atoms with E-state index in [1.165, 1.54) is 0 Å². The van der Waals surface area contributed by atoms with Crippen molar-refractivity contribution in [2.75, 3.05) is 44.2 Å². The minimum Gasteiger partial charge on any atom is -0.341 e. The van der Waals surface area contributed by atoms with E-state index in [0.717, 1.165) is 64.5 Å². The van der Waals surface area contributed by atoms with Gasteiger partial charge in [-0.15, -0.1) is 0 Å². The summed E-state index contributed by atoms with van der Waals surface area (Å²) in [4.78, 5) is 28.3. The molecule has 1 atom stereocenters. The van der Waals surface area contributed by atoms with Gasteiger partial charge < -0.3 is 14.7 Å². The number of nitrogens with zero attached hydrogens (tertiary/aromatic N) is 5. The molecule has 0 N–H and O–H groups in total. The van der Waals surface area contributed by atoms with Crippen molar-refractivity contribution in [2.45, 2.75) is 39.2 Å². The van der Waals surface area contributed by atoms with Crippen molar-refractivity contribution in [1.29, 1.82) is 0 Å². The maximum Gasteiger partial charge on any atom is 0.227 e. The first kappa shape index (κ1) is 17.1. The molecule has 0 radical (unpaired) electrons. The fraction of sp³-hybridized carbons (Fsp3) is 0.722. The highest BCUT2D eigenvalue weighted by molar-refractivity contribution is 5.79. The standard InChI is InChI=1S/C18H29N5O/c1-15(2)23-9-3-6-16(14-23)17(24)21-10-5-11-22(13-12-21)18-19-7-4-8-20-18/h4,7-8,15-16H,3,5-6,9-14H2,1-2H3/t16-/m1/s1. The van der Waals surface area contributed by atoms with Crippen molar-refractivity contribution >= 4 is 11.9 Å². The molecule has 0 aromatic carbocycles. The molecule has 2 aliphatic rings. The topological polar surface area (TPSA) is 52.6 Å². The van der Waals surface area contributed by atoms with Crippen molar-refractivity contribution in [3.05, 3.63) is 18.5 Å². The molecule has 3 heterocycles. The average molecular weight is 331 g/mol. The fourth-order valence-corrected chi connectivity index (χ4v) is 3.73.